The molecule has 0 saturated carbocycles. The van der Waals surface area contributed by atoms with Crippen molar-refractivity contribution in [2.45, 2.75) is 40.2 Å². The number of aryl methyl sites for hydroxylation is 3. The molecule has 20 heavy (non-hydrogen) atoms. The number of aromatic amines is 1. The van der Waals surface area contributed by atoms with Crippen LogP contribution in [0.1, 0.15) is 52.9 Å². The van der Waals surface area contributed by atoms with E-state index >= 15 is 0 Å². The highest BCUT2D eigenvalue weighted by Crippen LogP contribution is 2.13. The summed E-state index contributed by atoms with van der Waals surface area (Å²) in [5.74, 6) is 1.15. The van der Waals surface area contributed by atoms with E-state index in [0.717, 1.165) is 23.6 Å². The Labute approximate surface area is 118 Å². The SMILES string of the molecule is CC[C@H](NC(=O)c1cc(C)nc(C)n1)c1ncc(C)[nH]1. The molecule has 0 aliphatic carbocycles. The molecule has 2 aromatic rings. The lowest BCUT2D eigenvalue weighted by molar-refractivity contribution is 0.0928. The first-order valence-electron chi connectivity index (χ1n) is 6.64. The fraction of sp³-hybridized carbons (Fsp3) is 0.429. The zero-order chi connectivity index (χ0) is 14.7. The minimum Gasteiger partial charge on any atom is -0.344 e. The normalized spacial score (nSPS) is 12.2. The molecule has 2 aromatic heterocycles. The average molecular weight is 273 g/mol. The van der Waals surface area contributed by atoms with Crippen molar-refractivity contribution in [3.63, 3.8) is 0 Å². The highest BCUT2D eigenvalue weighted by molar-refractivity contribution is 5.92. The molecule has 106 valence electrons. The maximum Gasteiger partial charge on any atom is 0.270 e. The van der Waals surface area contributed by atoms with Gasteiger partial charge >= 0.3 is 0 Å². The molecule has 0 spiro atoms. The fourth-order valence-corrected chi connectivity index (χ4v) is 2.04. The van der Waals surface area contributed by atoms with Crippen LogP contribution in [0.3, 0.4) is 0 Å². The summed E-state index contributed by atoms with van der Waals surface area (Å²) in [7, 11) is 0. The van der Waals surface area contributed by atoms with E-state index in [2.05, 4.69) is 25.3 Å². The zero-order valence-corrected chi connectivity index (χ0v) is 12.2. The maximum absolute atomic E-state index is 12.3. The number of nitrogens with zero attached hydrogens (tertiary/aromatic N) is 3. The summed E-state index contributed by atoms with van der Waals surface area (Å²) in [5, 5.41) is 2.94. The predicted molar refractivity (Wildman–Crippen MR) is 75.3 cm³/mol. The molecule has 1 amide bonds. The van der Waals surface area contributed by atoms with E-state index < -0.39 is 0 Å². The number of hydrogen-bond donors (Lipinski definition) is 2. The molecular formula is C14H19N5O. The van der Waals surface area contributed by atoms with Crippen LogP contribution in [0.15, 0.2) is 12.3 Å². The van der Waals surface area contributed by atoms with Gasteiger partial charge in [-0.3, -0.25) is 4.79 Å². The molecule has 0 aromatic carbocycles. The van der Waals surface area contributed by atoms with Crippen LogP contribution in [0, 0.1) is 20.8 Å². The zero-order valence-electron chi connectivity index (χ0n) is 12.2. The van der Waals surface area contributed by atoms with Crippen LogP contribution >= 0.6 is 0 Å². The molecule has 6 heteroatoms. The van der Waals surface area contributed by atoms with Crippen molar-refractivity contribution in [2.24, 2.45) is 0 Å². The van der Waals surface area contributed by atoms with Gasteiger partial charge in [0.15, 0.2) is 0 Å². The van der Waals surface area contributed by atoms with Gasteiger partial charge in [-0.15, -0.1) is 0 Å². The predicted octanol–water partition coefficient (Wildman–Crippen LogP) is 2.01. The Hall–Kier alpha value is -2.24. The topological polar surface area (TPSA) is 83.6 Å². The number of amides is 1. The van der Waals surface area contributed by atoms with Gasteiger partial charge in [-0.05, 0) is 33.3 Å². The van der Waals surface area contributed by atoms with Crippen molar-refractivity contribution in [3.05, 3.63) is 41.0 Å². The second-order valence-corrected chi connectivity index (χ2v) is 4.83. The Balaban J connectivity index is 2.17. The molecule has 0 aliphatic heterocycles. The highest BCUT2D eigenvalue weighted by atomic mass is 16.1. The summed E-state index contributed by atoms with van der Waals surface area (Å²) in [5.41, 5.74) is 2.14. The largest absolute Gasteiger partial charge is 0.344 e. The van der Waals surface area contributed by atoms with Crippen LogP contribution in [-0.4, -0.2) is 25.8 Å². The third-order valence-corrected chi connectivity index (χ3v) is 2.96. The van der Waals surface area contributed by atoms with E-state index in [1.165, 1.54) is 0 Å². The van der Waals surface area contributed by atoms with Gasteiger partial charge in [-0.25, -0.2) is 15.0 Å². The first kappa shape index (κ1) is 14.2. The Bertz CT molecular complexity index is 600. The molecule has 2 N–H and O–H groups in total. The molecule has 0 bridgehead atoms. The molecular weight excluding hydrogens is 254 g/mol. The lowest BCUT2D eigenvalue weighted by Crippen LogP contribution is -2.30. The summed E-state index contributed by atoms with van der Waals surface area (Å²) >= 11 is 0. The molecule has 0 radical (unpaired) electrons. The third kappa shape index (κ3) is 3.20. The second kappa shape index (κ2) is 5.81. The van der Waals surface area contributed by atoms with Crippen LogP contribution < -0.4 is 5.32 Å². The average Bonchev–Trinajstić information content (AvgIpc) is 2.81. The molecule has 2 rings (SSSR count). The van der Waals surface area contributed by atoms with E-state index in [4.69, 9.17) is 0 Å². The van der Waals surface area contributed by atoms with E-state index in [9.17, 15) is 4.79 Å². The molecule has 0 fully saturated rings. The second-order valence-electron chi connectivity index (χ2n) is 4.83. The van der Waals surface area contributed by atoms with E-state index in [0.29, 0.717) is 11.5 Å². The van der Waals surface area contributed by atoms with Crippen molar-refractivity contribution in [1.29, 1.82) is 0 Å². The quantitative estimate of drug-likeness (QED) is 0.892. The van der Waals surface area contributed by atoms with Gasteiger partial charge in [0.25, 0.3) is 5.91 Å². The highest BCUT2D eigenvalue weighted by Gasteiger charge is 2.17. The number of imidazole rings is 1. The monoisotopic (exact) mass is 273 g/mol. The number of rotatable bonds is 4. The third-order valence-electron chi connectivity index (χ3n) is 2.96. The van der Waals surface area contributed by atoms with E-state index in [1.54, 1.807) is 19.2 Å². The maximum atomic E-state index is 12.3. The van der Waals surface area contributed by atoms with Gasteiger partial charge in [-0.1, -0.05) is 6.92 Å². The Morgan fingerprint density at radius 1 is 1.35 bits per heavy atom. The van der Waals surface area contributed by atoms with Crippen LogP contribution in [0.5, 0.6) is 0 Å². The molecule has 0 unspecified atom stereocenters. The van der Waals surface area contributed by atoms with E-state index in [-0.39, 0.29) is 11.9 Å². The fourth-order valence-electron chi connectivity index (χ4n) is 2.04. The number of aromatic nitrogens is 4. The van der Waals surface area contributed by atoms with Gasteiger partial charge in [0.2, 0.25) is 0 Å². The van der Waals surface area contributed by atoms with Crippen LogP contribution in [-0.2, 0) is 0 Å². The number of H-pyrrole nitrogens is 1. The Kier molecular flexibility index (Phi) is 4.12. The first-order chi connectivity index (χ1) is 9.49. The standard InChI is InChI=1S/C14H19N5O/c1-5-11(13-15-7-9(3)17-13)19-14(20)12-6-8(2)16-10(4)18-12/h6-7,11H,5H2,1-4H3,(H,15,17)(H,19,20)/t11-/m0/s1. The summed E-state index contributed by atoms with van der Waals surface area (Å²) in [6, 6.07) is 1.54. The Morgan fingerprint density at radius 3 is 2.65 bits per heavy atom. The van der Waals surface area contributed by atoms with Crippen LogP contribution in [0.2, 0.25) is 0 Å². The van der Waals surface area contributed by atoms with Crippen molar-refractivity contribution in [3.8, 4) is 0 Å². The Morgan fingerprint density at radius 2 is 2.10 bits per heavy atom. The summed E-state index contributed by atoms with van der Waals surface area (Å²) in [6.45, 7) is 7.55. The van der Waals surface area contributed by atoms with Gasteiger partial charge in [-0.2, -0.15) is 0 Å². The minimum absolute atomic E-state index is 0.147. The number of hydrogen-bond acceptors (Lipinski definition) is 4. The van der Waals surface area contributed by atoms with Crippen LogP contribution in [0.25, 0.3) is 0 Å². The minimum atomic E-state index is -0.209. The lowest BCUT2D eigenvalue weighted by atomic mass is 10.2. The van der Waals surface area contributed by atoms with Gasteiger partial charge in [0, 0.05) is 17.6 Å². The summed E-state index contributed by atoms with van der Waals surface area (Å²) in [6.07, 6.45) is 2.50. The molecule has 0 saturated heterocycles. The number of carbonyl (C=O) groups excluding carboxylic acids is 1. The molecule has 0 aliphatic rings. The van der Waals surface area contributed by atoms with Crippen molar-refractivity contribution < 1.29 is 4.79 Å². The number of nitrogens with one attached hydrogen (secondary N) is 2. The first-order valence-corrected chi connectivity index (χ1v) is 6.64. The van der Waals surface area contributed by atoms with Crippen LogP contribution in [0.4, 0.5) is 0 Å². The smallest absolute Gasteiger partial charge is 0.270 e. The number of carbonyl (C=O) groups is 1. The van der Waals surface area contributed by atoms with Crippen molar-refractivity contribution >= 4 is 5.91 Å². The van der Waals surface area contributed by atoms with Gasteiger partial charge in [0.1, 0.15) is 17.3 Å². The molecule has 2 heterocycles. The van der Waals surface area contributed by atoms with E-state index in [1.807, 2.05) is 20.8 Å². The molecule has 1 atom stereocenters. The van der Waals surface area contributed by atoms with Crippen molar-refractivity contribution in [1.82, 2.24) is 25.3 Å². The summed E-state index contributed by atoms with van der Waals surface area (Å²) < 4.78 is 0. The van der Waals surface area contributed by atoms with Gasteiger partial charge < -0.3 is 10.3 Å². The van der Waals surface area contributed by atoms with Gasteiger partial charge in [0.05, 0.1) is 6.04 Å². The molecule has 6 nitrogen and oxygen atoms in total. The van der Waals surface area contributed by atoms with Crippen molar-refractivity contribution in [2.75, 3.05) is 0 Å². The summed E-state index contributed by atoms with van der Waals surface area (Å²) in [4.78, 5) is 28.0. The lowest BCUT2D eigenvalue weighted by Gasteiger charge is -2.14.